The lowest BCUT2D eigenvalue weighted by Gasteiger charge is -2.33. The van der Waals surface area contributed by atoms with Crippen molar-refractivity contribution in [3.63, 3.8) is 0 Å². The van der Waals surface area contributed by atoms with Crippen molar-refractivity contribution in [3.05, 3.63) is 70.7 Å². The third-order valence-corrected chi connectivity index (χ3v) is 24.0. The van der Waals surface area contributed by atoms with Gasteiger partial charge in [0, 0.05) is 80.6 Å². The number of halogens is 1. The number of hydrogen-bond donors (Lipinski definition) is 16. The van der Waals surface area contributed by atoms with Gasteiger partial charge >= 0.3 is 0 Å². The van der Waals surface area contributed by atoms with E-state index < -0.39 is 174 Å². The number of nitrogens with zero attached hydrogens (tertiary/aromatic N) is 4. The number of nitrogens with one attached hydrogen (secondary N) is 12. The molecule has 11 unspecified atom stereocenters. The van der Waals surface area contributed by atoms with E-state index in [1.807, 2.05) is 49.1 Å². The van der Waals surface area contributed by atoms with E-state index in [0.29, 0.717) is 75.0 Å². The van der Waals surface area contributed by atoms with Crippen LogP contribution in [0.2, 0.25) is 5.02 Å². The van der Waals surface area contributed by atoms with Gasteiger partial charge in [0.2, 0.25) is 94.5 Å². The molecule has 0 saturated carbocycles. The Labute approximate surface area is 735 Å². The minimum Gasteiger partial charge on any atom is -0.369 e. The van der Waals surface area contributed by atoms with Crippen molar-refractivity contribution in [2.75, 3.05) is 90.0 Å². The second-order valence-corrected chi connectivity index (χ2v) is 36.2. The van der Waals surface area contributed by atoms with Gasteiger partial charge in [0.25, 0.3) is 0 Å². The number of carbonyl (C=O) groups is 16. The molecule has 36 nitrogen and oxygen atoms in total. The van der Waals surface area contributed by atoms with Gasteiger partial charge < -0.3 is 101 Å². The summed E-state index contributed by atoms with van der Waals surface area (Å²) >= 11 is 6.50. The van der Waals surface area contributed by atoms with Crippen molar-refractivity contribution >= 4 is 128 Å². The maximum atomic E-state index is 15.4. The number of nitrogens with two attached hydrogens (primary N) is 4. The highest BCUT2D eigenvalue weighted by molar-refractivity contribution is 8.76. The minimum absolute atomic E-state index is 0.00168. The third-order valence-electron chi connectivity index (χ3n) is 21.3. The average Bonchev–Trinajstić information content (AvgIpc) is 1.66. The summed E-state index contributed by atoms with van der Waals surface area (Å²) in [4.78, 5) is 229. The van der Waals surface area contributed by atoms with Crippen LogP contribution in [0.1, 0.15) is 183 Å². The molecule has 0 aromatic heterocycles. The average molecular weight is 1780 g/mol. The third kappa shape index (κ3) is 37.2. The van der Waals surface area contributed by atoms with Crippen molar-refractivity contribution < 1.29 is 76.7 Å². The van der Waals surface area contributed by atoms with Gasteiger partial charge in [0.05, 0.1) is 26.2 Å². The largest absolute Gasteiger partial charge is 0.369 e. The molecule has 3 aliphatic rings. The molecule has 2 aromatic carbocycles. The number of rotatable bonds is 56. The molecular formula is C84H135ClN20O16S2. The second kappa shape index (κ2) is 54.5. The molecule has 3 heterocycles. The maximum absolute atomic E-state index is 15.4. The van der Waals surface area contributed by atoms with Crippen molar-refractivity contribution in [3.8, 4) is 0 Å². The fraction of sp³-hybridized carbons (Fsp3) is 0.667. The van der Waals surface area contributed by atoms with Gasteiger partial charge in [-0.05, 0) is 165 Å². The smallest absolute Gasteiger partial charge is 0.246 e. The first-order chi connectivity index (χ1) is 58.5. The van der Waals surface area contributed by atoms with Gasteiger partial charge in [-0.3, -0.25) is 81.6 Å². The highest BCUT2D eigenvalue weighted by atomic mass is 35.5. The van der Waals surface area contributed by atoms with E-state index in [1.54, 1.807) is 65.8 Å². The lowest BCUT2D eigenvalue weighted by molar-refractivity contribution is -0.148. The first kappa shape index (κ1) is 104. The normalized spacial score (nSPS) is 17.1. The van der Waals surface area contributed by atoms with Gasteiger partial charge in [-0.2, -0.15) is 0 Å². The molecule has 3 saturated heterocycles. The number of primary amides is 2. The minimum atomic E-state index is -1.51. The summed E-state index contributed by atoms with van der Waals surface area (Å²) in [7, 11) is 2.27. The monoisotopic (exact) mass is 1780 g/mol. The zero-order valence-corrected chi connectivity index (χ0v) is 75.2. The van der Waals surface area contributed by atoms with Crippen LogP contribution in [-0.2, 0) is 89.6 Å². The number of carbonyl (C=O) groups excluding carboxylic acids is 16. The van der Waals surface area contributed by atoms with E-state index >= 15 is 9.59 Å². The second-order valence-electron chi connectivity index (χ2n) is 33.1. The van der Waals surface area contributed by atoms with Crippen LogP contribution in [0.4, 0.5) is 0 Å². The molecule has 20 N–H and O–H groups in total. The highest BCUT2D eigenvalue weighted by Gasteiger charge is 2.45. The van der Waals surface area contributed by atoms with Crippen LogP contribution in [0.15, 0.2) is 54.6 Å². The van der Waals surface area contributed by atoms with E-state index in [9.17, 15) is 67.1 Å². The van der Waals surface area contributed by atoms with Crippen LogP contribution in [0, 0.1) is 11.8 Å². The summed E-state index contributed by atoms with van der Waals surface area (Å²) in [5.74, 6) is -10.6. The Balaban J connectivity index is 1.45. The summed E-state index contributed by atoms with van der Waals surface area (Å²) in [5, 5.41) is 34.1. The van der Waals surface area contributed by atoms with Crippen molar-refractivity contribution in [1.29, 1.82) is 0 Å². The van der Waals surface area contributed by atoms with E-state index in [1.165, 1.54) is 21.6 Å². The van der Waals surface area contributed by atoms with E-state index in [4.69, 9.17) is 34.5 Å². The summed E-state index contributed by atoms with van der Waals surface area (Å²) in [6, 6.07) is 3.26. The summed E-state index contributed by atoms with van der Waals surface area (Å²) in [6.07, 6.45) is 5.36. The fourth-order valence-electron chi connectivity index (χ4n) is 15.0. The highest BCUT2D eigenvalue weighted by Crippen LogP contribution is 2.29. The Bertz CT molecular complexity index is 3850. The molecule has 0 bridgehead atoms. The van der Waals surface area contributed by atoms with Gasteiger partial charge in [0.15, 0.2) is 0 Å². The lowest BCUT2D eigenvalue weighted by atomic mass is 10.0. The topological polar surface area (TPSA) is 535 Å². The molecule has 3 aliphatic heterocycles. The zero-order chi connectivity index (χ0) is 90.9. The SMILES string of the molecule is CCCCC(CN(CC)CC(=O)NC(C)(C)CNCC(N)=O)NC(=O)CNC(=O)C(CCCN)NC(=O)C(CC(C)C)NC(=O)C(CCSSCC(NC(=O)CCc1ccccc1)C(=O)NC(CCCCN)C(=O)N1CCCC1C(=O)N1CCCC1C(=O)NCC(N)=O)NC(=O)C(Cc1cccc(Cl)c1)NC(=O)C1CCCN1C(=O)C(NC(C)=O)C(C)C. The molecule has 0 spiro atoms. The molecule has 0 aliphatic carbocycles. The van der Waals surface area contributed by atoms with Gasteiger partial charge in [-0.15, -0.1) is 0 Å². The summed E-state index contributed by atoms with van der Waals surface area (Å²) in [5.41, 5.74) is 23.1. The summed E-state index contributed by atoms with van der Waals surface area (Å²) < 4.78 is 0. The number of benzene rings is 2. The number of likely N-dealkylation sites (N-methyl/N-ethyl adjacent to an activating group) is 1. The quantitative estimate of drug-likeness (QED) is 0.0304. The number of aryl methyl sites for hydroxylation is 1. The molecule has 2 aromatic rings. The van der Waals surface area contributed by atoms with Gasteiger partial charge in [0.1, 0.15) is 60.4 Å². The van der Waals surface area contributed by atoms with Crippen LogP contribution in [0.25, 0.3) is 0 Å². The standard InChI is InChI=1S/C84H135ClN20O16S2/c1-10-12-27-58(48-102(11-2)49-72(111)101-84(8,9)51-90-45-68(88)107)94-71(110)47-92-74(112)59(29-19-37-87)96-76(114)62(42-52(3)4)99-75(113)60(97-77(115)63(44-56-25-18-26-57(85)43-56)100-80(118)66-31-21-39-104(66)83(121)73(53(5)6)93-54(7)106)35-41-122-123-50-64(95-70(109)34-33-55-23-14-13-15-24-55)78(116)98-61(28-16-17-36-86)81(119)105-40-22-32-67(105)82(120)103-38-20-30-65(103)79(117)91-46-69(89)108/h13-15,18,23-26,43,52-53,58-67,73,90H,10-12,16-17,19-22,27-42,44-51,86-87H2,1-9H3,(H2,88,107)(H2,89,108)(H,91,117)(H,92,112)(H,93,106)(H,94,110)(H,95,109)(H,96,114)(H,97,115)(H,98,116)(H,99,113)(H,100,118)(H,101,111). The lowest BCUT2D eigenvalue weighted by Crippen LogP contribution is -2.60. The molecule has 3 fully saturated rings. The number of unbranched alkanes of at least 4 members (excludes halogenated alkanes) is 2. The van der Waals surface area contributed by atoms with Crippen LogP contribution in [-0.4, -0.2) is 276 Å². The van der Waals surface area contributed by atoms with E-state index in [0.717, 1.165) is 40.0 Å². The first-order valence-electron chi connectivity index (χ1n) is 43.1. The van der Waals surface area contributed by atoms with E-state index in [-0.39, 0.29) is 139 Å². The predicted molar refractivity (Wildman–Crippen MR) is 471 cm³/mol. The van der Waals surface area contributed by atoms with Crippen LogP contribution in [0.3, 0.4) is 0 Å². The number of amides is 16. The van der Waals surface area contributed by atoms with Crippen LogP contribution in [0.5, 0.6) is 0 Å². The Morgan fingerprint density at radius 1 is 0.553 bits per heavy atom. The molecule has 0 radical (unpaired) electrons. The molecule has 11 atom stereocenters. The molecular weight excluding hydrogens is 1640 g/mol. The van der Waals surface area contributed by atoms with Crippen molar-refractivity contribution in [2.45, 2.75) is 256 Å². The molecule has 5 rings (SSSR count). The maximum Gasteiger partial charge on any atom is 0.246 e. The number of hydrogen-bond acceptors (Lipinski definition) is 22. The van der Waals surface area contributed by atoms with Crippen molar-refractivity contribution in [1.82, 2.24) is 83.4 Å². The van der Waals surface area contributed by atoms with Gasteiger partial charge in [-0.1, -0.05) is 130 Å². The van der Waals surface area contributed by atoms with Gasteiger partial charge in [-0.25, -0.2) is 0 Å². The first-order valence-corrected chi connectivity index (χ1v) is 45.9. The Hall–Kier alpha value is -9.21. The van der Waals surface area contributed by atoms with Crippen LogP contribution < -0.4 is 86.7 Å². The Morgan fingerprint density at radius 2 is 1.14 bits per heavy atom. The Kier molecular flexibility index (Phi) is 46.2. The van der Waals surface area contributed by atoms with Crippen molar-refractivity contribution in [2.24, 2.45) is 34.8 Å². The van der Waals surface area contributed by atoms with E-state index in [2.05, 4.69) is 63.8 Å². The summed E-state index contributed by atoms with van der Waals surface area (Å²) in [6.45, 7) is 16.9. The zero-order valence-electron chi connectivity index (χ0n) is 72.9. The predicted octanol–water partition coefficient (Wildman–Crippen LogP) is -0.0724. The Morgan fingerprint density at radius 3 is 1.76 bits per heavy atom. The molecule has 39 heteroatoms. The molecule has 123 heavy (non-hydrogen) atoms. The fourth-order valence-corrected chi connectivity index (χ4v) is 17.4. The number of likely N-dealkylation sites (tertiary alicyclic amines) is 3. The van der Waals surface area contributed by atoms with Crippen LogP contribution >= 0.6 is 33.2 Å². The molecule has 686 valence electrons. The molecule has 16 amide bonds.